The molecule has 0 aromatic rings. The van der Waals surface area contributed by atoms with E-state index >= 15 is 0 Å². The SMILES string of the molecule is CCCOCCNC(=O)CCC(=O)NCC(C)(CNC(C)(C)C(C)N=O)CNC(C)(C)C(C)N=O. The molecule has 204 valence electrons. The van der Waals surface area contributed by atoms with Gasteiger partial charge in [0, 0.05) is 62.1 Å². The Morgan fingerprint density at radius 3 is 1.66 bits per heavy atom. The maximum Gasteiger partial charge on any atom is 0.220 e. The van der Waals surface area contributed by atoms with Crippen molar-refractivity contribution in [3.63, 3.8) is 0 Å². The van der Waals surface area contributed by atoms with E-state index in [1.54, 1.807) is 13.8 Å². The van der Waals surface area contributed by atoms with Crippen molar-refractivity contribution in [1.82, 2.24) is 21.3 Å². The number of nitrogens with zero attached hydrogens (tertiary/aromatic N) is 2. The summed E-state index contributed by atoms with van der Waals surface area (Å²) in [5, 5.41) is 18.7. The van der Waals surface area contributed by atoms with Crippen LogP contribution in [0.15, 0.2) is 10.4 Å². The molecule has 0 aliphatic rings. The highest BCUT2D eigenvalue weighted by atomic mass is 16.5. The predicted octanol–water partition coefficient (Wildman–Crippen LogP) is 2.48. The average molecular weight is 501 g/mol. The van der Waals surface area contributed by atoms with E-state index in [0.717, 1.165) is 6.42 Å². The molecular weight excluding hydrogens is 452 g/mol. The van der Waals surface area contributed by atoms with Crippen LogP contribution in [0.3, 0.4) is 0 Å². The highest BCUT2D eigenvalue weighted by Gasteiger charge is 2.34. The molecule has 11 heteroatoms. The van der Waals surface area contributed by atoms with E-state index in [9.17, 15) is 19.4 Å². The Morgan fingerprint density at radius 1 is 0.771 bits per heavy atom. The van der Waals surface area contributed by atoms with Gasteiger partial charge in [-0.15, -0.1) is 0 Å². The summed E-state index contributed by atoms with van der Waals surface area (Å²) in [5.41, 5.74) is -1.55. The summed E-state index contributed by atoms with van der Waals surface area (Å²) in [6, 6.07) is -0.896. The fourth-order valence-corrected chi connectivity index (χ4v) is 2.85. The standard InChI is InChI=1S/C24H48N6O5/c1-9-13-35-14-12-25-20(31)10-11-21(32)26-15-24(8,16-27-22(4,5)18(2)29-33)17-28-23(6,7)19(3)30-34/h18-19,27-28H,9-17H2,1-8H3,(H,25,31)(H,26,32). The maximum absolute atomic E-state index is 12.5. The zero-order valence-electron chi connectivity index (χ0n) is 23.0. The Bertz CT molecular complexity index is 641. The van der Waals surface area contributed by atoms with Crippen LogP contribution < -0.4 is 21.3 Å². The summed E-state index contributed by atoms with van der Waals surface area (Å²) in [6.07, 6.45) is 1.10. The third-order valence-corrected chi connectivity index (χ3v) is 6.56. The van der Waals surface area contributed by atoms with Gasteiger partial charge in [0.15, 0.2) is 0 Å². The smallest absolute Gasteiger partial charge is 0.220 e. The topological polar surface area (TPSA) is 150 Å². The molecule has 0 aliphatic heterocycles. The molecule has 0 saturated heterocycles. The number of hydrogen-bond acceptors (Lipinski definition) is 9. The lowest BCUT2D eigenvalue weighted by atomic mass is 9.85. The first-order valence-electron chi connectivity index (χ1n) is 12.5. The Morgan fingerprint density at radius 2 is 1.23 bits per heavy atom. The third-order valence-electron chi connectivity index (χ3n) is 6.56. The van der Waals surface area contributed by atoms with Crippen LogP contribution in [-0.2, 0) is 14.3 Å². The van der Waals surface area contributed by atoms with E-state index in [4.69, 9.17) is 4.74 Å². The van der Waals surface area contributed by atoms with Crippen LogP contribution >= 0.6 is 0 Å². The van der Waals surface area contributed by atoms with Crippen LogP contribution in [0, 0.1) is 15.2 Å². The fraction of sp³-hybridized carbons (Fsp3) is 0.917. The number of hydrogen-bond donors (Lipinski definition) is 4. The van der Waals surface area contributed by atoms with Gasteiger partial charge in [-0.05, 0) is 48.0 Å². The van der Waals surface area contributed by atoms with Crippen molar-refractivity contribution in [3.8, 4) is 0 Å². The van der Waals surface area contributed by atoms with Gasteiger partial charge in [-0.25, -0.2) is 0 Å². The zero-order valence-corrected chi connectivity index (χ0v) is 23.0. The predicted molar refractivity (Wildman–Crippen MR) is 139 cm³/mol. The van der Waals surface area contributed by atoms with Crippen molar-refractivity contribution >= 4 is 11.8 Å². The van der Waals surface area contributed by atoms with Gasteiger partial charge < -0.3 is 26.0 Å². The number of carbonyl (C=O) groups is 2. The molecule has 0 saturated carbocycles. The molecule has 0 aromatic carbocycles. The van der Waals surface area contributed by atoms with Crippen molar-refractivity contribution < 1.29 is 14.3 Å². The van der Waals surface area contributed by atoms with E-state index in [2.05, 4.69) is 31.6 Å². The first-order chi connectivity index (χ1) is 16.2. The minimum atomic E-state index is -0.543. The number of carbonyl (C=O) groups excluding carboxylic acids is 2. The molecule has 0 heterocycles. The van der Waals surface area contributed by atoms with Crippen LogP contribution in [0.2, 0.25) is 0 Å². The number of nitrogens with one attached hydrogen (secondary N) is 4. The van der Waals surface area contributed by atoms with E-state index in [1.807, 2.05) is 41.5 Å². The van der Waals surface area contributed by atoms with E-state index in [-0.39, 0.29) is 24.7 Å². The highest BCUT2D eigenvalue weighted by Crippen LogP contribution is 2.21. The normalized spacial score (nSPS) is 15.5. The molecule has 0 aliphatic carbocycles. The largest absolute Gasteiger partial charge is 0.380 e. The lowest BCUT2D eigenvalue weighted by Gasteiger charge is -2.39. The first kappa shape index (κ1) is 33.0. The van der Waals surface area contributed by atoms with Gasteiger partial charge in [0.2, 0.25) is 11.8 Å². The average Bonchev–Trinajstić information content (AvgIpc) is 2.82. The van der Waals surface area contributed by atoms with Gasteiger partial charge in [0.1, 0.15) is 12.1 Å². The molecule has 0 rings (SSSR count). The lowest BCUT2D eigenvalue weighted by molar-refractivity contribution is -0.126. The number of rotatable bonds is 20. The van der Waals surface area contributed by atoms with Gasteiger partial charge in [-0.3, -0.25) is 9.59 Å². The van der Waals surface area contributed by atoms with Gasteiger partial charge in [0.05, 0.1) is 6.61 Å². The zero-order chi connectivity index (χ0) is 27.1. The van der Waals surface area contributed by atoms with Crippen molar-refractivity contribution in [2.75, 3.05) is 39.4 Å². The molecular formula is C24H48N6O5. The summed E-state index contributed by atoms with van der Waals surface area (Å²) >= 11 is 0. The third kappa shape index (κ3) is 13.6. The van der Waals surface area contributed by atoms with Gasteiger partial charge in [-0.2, -0.15) is 9.81 Å². The first-order valence-corrected chi connectivity index (χ1v) is 12.5. The second-order valence-corrected chi connectivity index (χ2v) is 10.8. The van der Waals surface area contributed by atoms with Gasteiger partial charge in [-0.1, -0.05) is 24.2 Å². The lowest BCUT2D eigenvalue weighted by Crippen LogP contribution is -2.58. The Labute approximate surface area is 210 Å². The summed E-state index contributed by atoms with van der Waals surface area (Å²) < 4.78 is 5.32. The highest BCUT2D eigenvalue weighted by molar-refractivity contribution is 5.83. The minimum Gasteiger partial charge on any atom is -0.380 e. The molecule has 0 bridgehead atoms. The molecule has 2 amide bonds. The van der Waals surface area contributed by atoms with Crippen molar-refractivity contribution in [2.24, 2.45) is 15.8 Å². The molecule has 0 spiro atoms. The van der Waals surface area contributed by atoms with Crippen molar-refractivity contribution in [2.45, 2.75) is 97.8 Å². The van der Waals surface area contributed by atoms with Crippen LogP contribution in [0.25, 0.3) is 0 Å². The Kier molecular flexibility index (Phi) is 15.0. The van der Waals surface area contributed by atoms with Gasteiger partial charge in [0.25, 0.3) is 0 Å². The Hall–Kier alpha value is -1.98. The molecule has 0 aromatic heterocycles. The second kappa shape index (κ2) is 15.9. The molecule has 0 fully saturated rings. The monoisotopic (exact) mass is 500 g/mol. The summed E-state index contributed by atoms with van der Waals surface area (Å²) in [5.74, 6) is -0.418. The van der Waals surface area contributed by atoms with E-state index in [0.29, 0.717) is 39.4 Å². The fourth-order valence-electron chi connectivity index (χ4n) is 2.85. The maximum atomic E-state index is 12.5. The molecule has 11 nitrogen and oxygen atoms in total. The van der Waals surface area contributed by atoms with Crippen LogP contribution in [0.1, 0.15) is 74.7 Å². The minimum absolute atomic E-state index is 0.0771. The summed E-state index contributed by atoms with van der Waals surface area (Å²) in [7, 11) is 0. The quantitative estimate of drug-likeness (QED) is 0.148. The number of ether oxygens (including phenoxy) is 1. The molecule has 4 N–H and O–H groups in total. The number of amides is 2. The van der Waals surface area contributed by atoms with Gasteiger partial charge >= 0.3 is 0 Å². The second-order valence-electron chi connectivity index (χ2n) is 10.8. The van der Waals surface area contributed by atoms with Crippen molar-refractivity contribution in [1.29, 1.82) is 0 Å². The van der Waals surface area contributed by atoms with Crippen LogP contribution in [-0.4, -0.2) is 74.4 Å². The van der Waals surface area contributed by atoms with Crippen molar-refractivity contribution in [3.05, 3.63) is 9.81 Å². The molecule has 2 unspecified atom stereocenters. The number of nitroso groups, excluding NO2 is 2. The van der Waals surface area contributed by atoms with Crippen LogP contribution in [0.5, 0.6) is 0 Å². The Balaban J connectivity index is 4.95. The summed E-state index contributed by atoms with van der Waals surface area (Å²) in [4.78, 5) is 46.5. The molecule has 35 heavy (non-hydrogen) atoms. The van der Waals surface area contributed by atoms with E-state index < -0.39 is 28.6 Å². The molecule has 2 atom stereocenters. The van der Waals surface area contributed by atoms with Crippen LogP contribution in [0.4, 0.5) is 0 Å². The van der Waals surface area contributed by atoms with E-state index in [1.165, 1.54) is 0 Å². The molecule has 0 radical (unpaired) electrons. The summed E-state index contributed by atoms with van der Waals surface area (Å²) in [6.45, 7) is 17.9.